The third-order valence-electron chi connectivity index (χ3n) is 16.7. The van der Waals surface area contributed by atoms with Gasteiger partial charge in [-0.05, 0) is 59.4 Å². The second-order valence-electron chi connectivity index (χ2n) is 21.4. The summed E-state index contributed by atoms with van der Waals surface area (Å²) in [7, 11) is 0. The van der Waals surface area contributed by atoms with Gasteiger partial charge in [0.05, 0.1) is 70.7 Å². The summed E-state index contributed by atoms with van der Waals surface area (Å²) in [6, 6.07) is 21.1. The summed E-state index contributed by atoms with van der Waals surface area (Å²) >= 11 is 2.63. The van der Waals surface area contributed by atoms with Gasteiger partial charge < -0.3 is 46.4 Å². The third kappa shape index (κ3) is 8.85. The van der Waals surface area contributed by atoms with Crippen molar-refractivity contribution in [2.24, 2.45) is 0 Å². The van der Waals surface area contributed by atoms with E-state index in [1.54, 1.807) is 20.8 Å². The number of amides is 2. The van der Waals surface area contributed by atoms with E-state index in [0.29, 0.717) is 32.3 Å². The van der Waals surface area contributed by atoms with Crippen LogP contribution in [0.15, 0.2) is 145 Å². The molecule has 0 spiro atoms. The highest BCUT2D eigenvalue weighted by Crippen LogP contribution is 2.52. The van der Waals surface area contributed by atoms with Crippen molar-refractivity contribution in [3.05, 3.63) is 230 Å². The molecule has 2 unspecified atom stereocenters. The predicted octanol–water partition coefficient (Wildman–Crippen LogP) is 8.41. The Labute approximate surface area is 511 Å². The molecule has 6 aromatic heterocycles. The molecule has 90 heavy (non-hydrogen) atoms. The smallest absolute Gasteiger partial charge is 0.479 e. The van der Waals surface area contributed by atoms with Crippen LogP contribution in [0.2, 0.25) is 0 Å². The molecule has 4 aliphatic heterocycles. The Bertz CT molecular complexity index is 4570. The summed E-state index contributed by atoms with van der Waals surface area (Å²) in [5.74, 6) is -6.98. The summed E-state index contributed by atoms with van der Waals surface area (Å²) in [6.07, 6.45) is 1.51. The maximum Gasteiger partial charge on any atom is 0.519 e. The first kappa shape index (κ1) is 56.4. The number of aryl methyl sites for hydroxylation is 2. The van der Waals surface area contributed by atoms with Crippen LogP contribution < -0.4 is 42.0 Å². The van der Waals surface area contributed by atoms with Gasteiger partial charge >= 0.3 is 11.6 Å². The first-order chi connectivity index (χ1) is 43.7. The van der Waals surface area contributed by atoms with Crippen LogP contribution >= 0.6 is 22.7 Å². The predicted molar refractivity (Wildman–Crippen MR) is 311 cm³/mol. The van der Waals surface area contributed by atoms with Gasteiger partial charge in [-0.1, -0.05) is 60.7 Å². The Morgan fingerprint density at radius 1 is 0.533 bits per heavy atom. The minimum atomic E-state index is -1.04. The van der Waals surface area contributed by atoms with Crippen molar-refractivity contribution in [2.45, 2.75) is 51.5 Å². The molecule has 4 aromatic carbocycles. The highest BCUT2D eigenvalue weighted by molar-refractivity contribution is 7.14. The van der Waals surface area contributed by atoms with Crippen LogP contribution in [-0.4, -0.2) is 92.8 Å². The molecule has 0 radical (unpaired) electrons. The molecule has 2 amide bonds. The zero-order chi connectivity index (χ0) is 62.0. The molecule has 28 heteroatoms. The first-order valence-corrected chi connectivity index (χ1v) is 29.7. The fourth-order valence-corrected chi connectivity index (χ4v) is 14.4. The van der Waals surface area contributed by atoms with Crippen LogP contribution in [0.1, 0.15) is 78.4 Å². The minimum absolute atomic E-state index is 0.0113. The number of thiazole rings is 2. The van der Waals surface area contributed by atoms with Gasteiger partial charge in [-0.3, -0.25) is 38.5 Å². The Hall–Kier alpha value is -10.2. The van der Waals surface area contributed by atoms with E-state index in [1.807, 2.05) is 58.5 Å². The van der Waals surface area contributed by atoms with E-state index in [1.165, 1.54) is 82.5 Å². The van der Waals surface area contributed by atoms with Gasteiger partial charge in [0.1, 0.15) is 25.5 Å². The molecule has 10 aromatic rings. The van der Waals surface area contributed by atoms with Crippen molar-refractivity contribution >= 4 is 34.5 Å². The van der Waals surface area contributed by atoms with Crippen LogP contribution in [0.5, 0.6) is 11.5 Å². The Balaban J connectivity index is 0.000000150. The first-order valence-electron chi connectivity index (χ1n) is 28.0. The quantitative estimate of drug-likeness (QED) is 0.130. The molecular formula is C62H44F4N8O14S2. The highest BCUT2D eigenvalue weighted by atomic mass is 32.1. The molecule has 0 N–H and O–H groups in total. The highest BCUT2D eigenvalue weighted by Gasteiger charge is 2.50. The summed E-state index contributed by atoms with van der Waals surface area (Å²) in [4.78, 5) is 91.4. The summed E-state index contributed by atoms with van der Waals surface area (Å²) in [5, 5.41) is 3.66. The van der Waals surface area contributed by atoms with Gasteiger partial charge in [0.15, 0.2) is 69.2 Å². The van der Waals surface area contributed by atoms with Gasteiger partial charge in [-0.2, -0.15) is 0 Å². The molecule has 2 fully saturated rings. The standard InChI is InChI=1S/2C31H22F2N4O7S/c2*1-15-21(44-31(40)43-15)12-42-28-20(38)8-9-36-27(28)30(39)35-10-11-41-13-22(35)37(36)26-16-4-2-3-5-17(16)29-25(34-14-45-29)23-18(26)6-7-19(32)24(23)33/h2*2-9,14,22,26H,10-13H2,1H3/t22-,26-;/m1./s1. The Kier molecular flexibility index (Phi) is 13.7. The van der Waals surface area contributed by atoms with E-state index in [9.17, 15) is 37.5 Å². The number of hydrogen-bond donors (Lipinski definition) is 0. The van der Waals surface area contributed by atoms with Crippen molar-refractivity contribution in [1.82, 2.24) is 29.1 Å². The zero-order valence-electron chi connectivity index (χ0n) is 47.0. The van der Waals surface area contributed by atoms with Crippen molar-refractivity contribution in [2.75, 3.05) is 49.5 Å². The molecule has 0 bridgehead atoms. The van der Waals surface area contributed by atoms with Crippen LogP contribution in [-0.2, 0) is 22.7 Å². The fourth-order valence-electron chi connectivity index (χ4n) is 12.7. The number of rotatable bonds is 8. The van der Waals surface area contributed by atoms with Gasteiger partial charge in [-0.25, -0.2) is 37.1 Å². The largest absolute Gasteiger partial charge is 0.519 e. The monoisotopic (exact) mass is 1260 g/mol. The summed E-state index contributed by atoms with van der Waals surface area (Å²) in [6.45, 7) is 3.43. The fraction of sp³-hybridized carbons (Fsp3) is 0.226. The molecule has 16 rings (SSSR count). The number of morpholine rings is 2. The lowest BCUT2D eigenvalue weighted by Crippen LogP contribution is -2.66. The number of benzene rings is 4. The average Bonchev–Trinajstić information content (AvgIpc) is 1.22. The third-order valence-corrected chi connectivity index (χ3v) is 18.4. The lowest BCUT2D eigenvalue weighted by molar-refractivity contribution is -0.0199. The number of aromatic nitrogens is 4. The number of nitrogens with zero attached hydrogens (tertiary/aromatic N) is 8. The van der Waals surface area contributed by atoms with E-state index in [4.69, 9.17) is 36.6 Å². The van der Waals surface area contributed by atoms with Crippen LogP contribution in [0.25, 0.3) is 43.4 Å². The molecule has 22 nitrogen and oxygen atoms in total. The molecule has 4 atom stereocenters. The number of ether oxygens (including phenoxy) is 4. The topological polar surface area (TPSA) is 240 Å². The van der Waals surface area contributed by atoms with E-state index in [-0.39, 0.29) is 110 Å². The number of halogens is 4. The van der Waals surface area contributed by atoms with Crippen molar-refractivity contribution in [1.29, 1.82) is 0 Å². The van der Waals surface area contributed by atoms with E-state index < -0.39 is 82.0 Å². The van der Waals surface area contributed by atoms with Crippen LogP contribution in [0.4, 0.5) is 17.6 Å². The van der Waals surface area contributed by atoms with Crippen molar-refractivity contribution in [3.8, 4) is 54.9 Å². The molecule has 456 valence electrons. The van der Waals surface area contributed by atoms with Crippen LogP contribution in [0.3, 0.4) is 0 Å². The molecule has 10 heterocycles. The molecule has 2 aliphatic carbocycles. The lowest BCUT2D eigenvalue weighted by atomic mass is 9.92. The molecule has 6 aliphatic rings. The molecule has 2 saturated heterocycles. The Morgan fingerprint density at radius 3 is 1.37 bits per heavy atom. The van der Waals surface area contributed by atoms with Gasteiger partial charge in [0.2, 0.25) is 10.9 Å². The van der Waals surface area contributed by atoms with E-state index in [2.05, 4.69) is 9.97 Å². The second-order valence-corrected chi connectivity index (χ2v) is 23.1. The maximum absolute atomic E-state index is 15.9. The van der Waals surface area contributed by atoms with E-state index in [0.717, 1.165) is 34.4 Å². The number of carbonyl (C=O) groups is 2. The lowest BCUT2D eigenvalue weighted by Gasteiger charge is -2.51. The van der Waals surface area contributed by atoms with E-state index >= 15 is 8.78 Å². The normalized spacial score (nSPS) is 18.4. The average molecular weight is 1270 g/mol. The number of carbonyl (C=O) groups excluding carboxylic acids is 2. The SMILES string of the molecule is Cc1oc(=O)oc1COc1c2n(ccc1=O)N(C1c3ccccc3-c3scnc3-c3c1ccc(F)c3F)C1COCCN1C2=O.Cc1oc(=O)oc1COc1c2n(ccc1=O)N([C@@H]1c3ccccc3-c3scnc3-c3c1ccc(F)c3F)[C@@H]1COCCN1C2=O. The van der Waals surface area contributed by atoms with Crippen molar-refractivity contribution < 1.29 is 63.8 Å². The number of hydrogen-bond acceptors (Lipinski definition) is 20. The number of fused-ring (bicyclic) bond motifs is 14. The Morgan fingerprint density at radius 2 is 0.956 bits per heavy atom. The molecule has 0 saturated carbocycles. The van der Waals surface area contributed by atoms with Gasteiger partial charge in [0, 0.05) is 48.7 Å². The zero-order valence-corrected chi connectivity index (χ0v) is 48.6. The minimum Gasteiger partial charge on any atom is -0.479 e. The van der Waals surface area contributed by atoms with Crippen molar-refractivity contribution in [3.63, 3.8) is 0 Å². The second kappa shape index (κ2) is 21.9. The number of pyridine rings is 2. The summed E-state index contributed by atoms with van der Waals surface area (Å²) in [5.41, 5.74) is 6.37. The maximum atomic E-state index is 15.9. The molecular weight excluding hydrogens is 1220 g/mol. The van der Waals surface area contributed by atoms with Gasteiger partial charge in [0.25, 0.3) is 11.8 Å². The van der Waals surface area contributed by atoms with Gasteiger partial charge in [-0.15, -0.1) is 22.7 Å². The van der Waals surface area contributed by atoms with Crippen LogP contribution in [0, 0.1) is 37.1 Å². The summed E-state index contributed by atoms with van der Waals surface area (Å²) < 4.78 is 108.